The summed E-state index contributed by atoms with van der Waals surface area (Å²) in [5.74, 6) is 0.482. The summed E-state index contributed by atoms with van der Waals surface area (Å²) in [4.78, 5) is 4.83. The van der Waals surface area contributed by atoms with Gasteiger partial charge in [-0.05, 0) is 63.4 Å². The van der Waals surface area contributed by atoms with E-state index in [4.69, 9.17) is 4.98 Å². The van der Waals surface area contributed by atoms with E-state index in [0.717, 1.165) is 12.8 Å². The van der Waals surface area contributed by atoms with Gasteiger partial charge in [0.2, 0.25) is 0 Å². The predicted molar refractivity (Wildman–Crippen MR) is 118 cm³/mol. The lowest BCUT2D eigenvalue weighted by Crippen LogP contribution is -2.14. The van der Waals surface area contributed by atoms with Crippen LogP contribution in [0.3, 0.4) is 0 Å². The van der Waals surface area contributed by atoms with Crippen molar-refractivity contribution in [1.82, 2.24) is 4.98 Å². The van der Waals surface area contributed by atoms with Crippen LogP contribution in [0.2, 0.25) is 0 Å². The summed E-state index contributed by atoms with van der Waals surface area (Å²) < 4.78 is 0. The van der Waals surface area contributed by atoms with Gasteiger partial charge in [0, 0.05) is 17.5 Å². The summed E-state index contributed by atoms with van der Waals surface area (Å²) >= 11 is 0. The molecule has 0 amide bonds. The van der Waals surface area contributed by atoms with Crippen molar-refractivity contribution in [2.24, 2.45) is 0 Å². The van der Waals surface area contributed by atoms with Gasteiger partial charge in [-0.1, -0.05) is 72.8 Å². The summed E-state index contributed by atoms with van der Waals surface area (Å²) in [6.07, 6.45) is 5.36. The molecule has 0 fully saturated rings. The van der Waals surface area contributed by atoms with Crippen molar-refractivity contribution in [3.05, 3.63) is 102 Å². The molecule has 1 nitrogen and oxygen atoms in total. The molecule has 1 aliphatic carbocycles. The highest BCUT2D eigenvalue weighted by Gasteiger charge is 2.24. The van der Waals surface area contributed by atoms with Gasteiger partial charge in [-0.2, -0.15) is 0 Å². The third-order valence-corrected chi connectivity index (χ3v) is 6.44. The minimum atomic E-state index is 0.482. The van der Waals surface area contributed by atoms with Crippen LogP contribution in [0.4, 0.5) is 0 Å². The van der Waals surface area contributed by atoms with E-state index in [9.17, 15) is 0 Å². The predicted octanol–water partition coefficient (Wildman–Crippen LogP) is 6.81. The Morgan fingerprint density at radius 1 is 0.643 bits per heavy atom. The number of aromatic nitrogens is 1. The van der Waals surface area contributed by atoms with Crippen LogP contribution in [0.15, 0.2) is 85.1 Å². The SMILES string of the molecule is c1ccc2c(C3CCc4ccc5c(ccc6ccccc65)c4C3)nccc2c1. The second-order valence-electron chi connectivity index (χ2n) is 7.94. The highest BCUT2D eigenvalue weighted by atomic mass is 14.7. The highest BCUT2D eigenvalue weighted by Crippen LogP contribution is 2.39. The van der Waals surface area contributed by atoms with E-state index in [1.54, 1.807) is 0 Å². The number of pyridine rings is 1. The molecule has 0 spiro atoms. The minimum absolute atomic E-state index is 0.482. The molecule has 1 unspecified atom stereocenters. The number of aryl methyl sites for hydroxylation is 1. The maximum atomic E-state index is 4.83. The third-order valence-electron chi connectivity index (χ3n) is 6.44. The lowest BCUT2D eigenvalue weighted by molar-refractivity contribution is 0.578. The average Bonchev–Trinajstić information content (AvgIpc) is 2.78. The Kier molecular flexibility index (Phi) is 3.49. The summed E-state index contributed by atoms with van der Waals surface area (Å²) in [5, 5.41) is 8.07. The third kappa shape index (κ3) is 2.36. The fourth-order valence-corrected chi connectivity index (χ4v) is 5.05. The van der Waals surface area contributed by atoms with Crippen molar-refractivity contribution >= 4 is 32.3 Å². The largest absolute Gasteiger partial charge is 0.260 e. The van der Waals surface area contributed by atoms with Crippen molar-refractivity contribution in [2.45, 2.75) is 25.2 Å². The van der Waals surface area contributed by atoms with Crippen LogP contribution >= 0.6 is 0 Å². The van der Waals surface area contributed by atoms with E-state index < -0.39 is 0 Å². The monoisotopic (exact) mass is 359 g/mol. The standard InChI is InChI=1S/C27H21N/c1-3-7-22-18(5-1)11-14-25-24(22)13-12-20-9-10-21(17-26(20)25)27-23-8-4-2-6-19(23)15-16-28-27/h1-8,11-16,21H,9-10,17H2. The van der Waals surface area contributed by atoms with Crippen molar-refractivity contribution in [1.29, 1.82) is 0 Å². The molecule has 0 N–H and O–H groups in total. The quantitative estimate of drug-likeness (QED) is 0.299. The Hall–Kier alpha value is -3.19. The normalized spacial score (nSPS) is 16.5. The molecule has 28 heavy (non-hydrogen) atoms. The molecule has 1 heteroatoms. The maximum Gasteiger partial charge on any atom is 0.0516 e. The molecule has 134 valence electrons. The van der Waals surface area contributed by atoms with Crippen LogP contribution < -0.4 is 0 Å². The number of rotatable bonds is 1. The zero-order valence-electron chi connectivity index (χ0n) is 15.7. The number of nitrogens with zero attached hydrogens (tertiary/aromatic N) is 1. The van der Waals surface area contributed by atoms with Gasteiger partial charge < -0.3 is 0 Å². The van der Waals surface area contributed by atoms with E-state index in [1.807, 2.05) is 6.20 Å². The molecule has 1 aromatic heterocycles. The Labute approximate surface area is 164 Å². The topological polar surface area (TPSA) is 12.9 Å². The van der Waals surface area contributed by atoms with Gasteiger partial charge in [0.15, 0.2) is 0 Å². The summed E-state index contributed by atoms with van der Waals surface area (Å²) in [6, 6.07) is 28.8. The van der Waals surface area contributed by atoms with E-state index in [1.165, 1.54) is 55.6 Å². The van der Waals surface area contributed by atoms with E-state index in [0.29, 0.717) is 5.92 Å². The number of hydrogen-bond donors (Lipinski definition) is 0. The first kappa shape index (κ1) is 15.8. The molecule has 0 radical (unpaired) electrons. The van der Waals surface area contributed by atoms with Gasteiger partial charge >= 0.3 is 0 Å². The molecule has 0 saturated heterocycles. The molecular formula is C27H21N. The van der Waals surface area contributed by atoms with E-state index in [-0.39, 0.29) is 0 Å². The molecule has 0 saturated carbocycles. The number of benzene rings is 4. The highest BCUT2D eigenvalue weighted by molar-refractivity contribution is 6.08. The molecule has 1 atom stereocenters. The summed E-state index contributed by atoms with van der Waals surface area (Å²) in [6.45, 7) is 0. The van der Waals surface area contributed by atoms with E-state index >= 15 is 0 Å². The molecule has 5 aromatic rings. The first-order valence-corrected chi connectivity index (χ1v) is 10.1. The van der Waals surface area contributed by atoms with Crippen LogP contribution in [-0.4, -0.2) is 4.98 Å². The average molecular weight is 359 g/mol. The van der Waals surface area contributed by atoms with Crippen molar-refractivity contribution < 1.29 is 0 Å². The molecule has 6 rings (SSSR count). The molecule has 1 aliphatic rings. The van der Waals surface area contributed by atoms with E-state index in [2.05, 4.69) is 78.9 Å². The van der Waals surface area contributed by atoms with Gasteiger partial charge in [-0.15, -0.1) is 0 Å². The van der Waals surface area contributed by atoms with Gasteiger partial charge in [0.25, 0.3) is 0 Å². The molecule has 0 bridgehead atoms. The van der Waals surface area contributed by atoms with Crippen LogP contribution in [0.5, 0.6) is 0 Å². The van der Waals surface area contributed by atoms with Crippen molar-refractivity contribution in [3.63, 3.8) is 0 Å². The van der Waals surface area contributed by atoms with Crippen LogP contribution in [0.1, 0.15) is 29.2 Å². The lowest BCUT2D eigenvalue weighted by atomic mass is 9.78. The Morgan fingerprint density at radius 2 is 1.39 bits per heavy atom. The van der Waals surface area contributed by atoms with Gasteiger partial charge in [-0.25, -0.2) is 0 Å². The second-order valence-corrected chi connectivity index (χ2v) is 7.94. The fraction of sp³-hybridized carbons (Fsp3) is 0.148. The maximum absolute atomic E-state index is 4.83. The number of hydrogen-bond acceptors (Lipinski definition) is 1. The second kappa shape index (κ2) is 6.17. The van der Waals surface area contributed by atoms with Crippen LogP contribution in [-0.2, 0) is 12.8 Å². The van der Waals surface area contributed by atoms with Gasteiger partial charge in [0.05, 0.1) is 5.69 Å². The van der Waals surface area contributed by atoms with Crippen molar-refractivity contribution in [2.75, 3.05) is 0 Å². The Bertz CT molecular complexity index is 1340. The molecule has 0 aliphatic heterocycles. The first-order chi connectivity index (χ1) is 13.9. The fourth-order valence-electron chi connectivity index (χ4n) is 5.05. The minimum Gasteiger partial charge on any atom is -0.260 e. The van der Waals surface area contributed by atoms with Crippen LogP contribution in [0.25, 0.3) is 32.3 Å². The summed E-state index contributed by atoms with van der Waals surface area (Å²) in [5.41, 5.74) is 4.30. The number of fused-ring (bicyclic) bond motifs is 6. The lowest BCUT2D eigenvalue weighted by Gasteiger charge is -2.26. The zero-order chi connectivity index (χ0) is 18.5. The molecule has 4 aromatic carbocycles. The summed E-state index contributed by atoms with van der Waals surface area (Å²) in [7, 11) is 0. The molecular weight excluding hydrogens is 338 g/mol. The van der Waals surface area contributed by atoms with Crippen LogP contribution in [0, 0.1) is 0 Å². The zero-order valence-corrected chi connectivity index (χ0v) is 15.7. The first-order valence-electron chi connectivity index (χ1n) is 10.1. The van der Waals surface area contributed by atoms with Gasteiger partial charge in [0.1, 0.15) is 0 Å². The smallest absolute Gasteiger partial charge is 0.0516 e. The van der Waals surface area contributed by atoms with Crippen molar-refractivity contribution in [3.8, 4) is 0 Å². The Morgan fingerprint density at radius 3 is 2.29 bits per heavy atom. The van der Waals surface area contributed by atoms with Gasteiger partial charge in [-0.3, -0.25) is 4.98 Å². The molecule has 1 heterocycles. The Balaban J connectivity index is 1.52.